The van der Waals surface area contributed by atoms with Gasteiger partial charge in [0.05, 0.1) is 28.8 Å². The fraction of sp³-hybridized carbons (Fsp3) is 0.450. The summed E-state index contributed by atoms with van der Waals surface area (Å²) in [5.74, 6) is -1.91. The Kier molecular flexibility index (Phi) is 11.0. The van der Waals surface area contributed by atoms with Gasteiger partial charge in [0.15, 0.2) is 0 Å². The minimum atomic E-state index is -4.49. The number of carbonyl (C=O) groups is 2. The minimum absolute atomic E-state index is 0. The molecule has 7 nitrogen and oxygen atoms in total. The number of anilines is 1. The van der Waals surface area contributed by atoms with Gasteiger partial charge in [-0.15, -0.1) is 36.2 Å². The number of aliphatic hydroxyl groups excluding tert-OH is 1. The molecule has 1 aromatic carbocycles. The van der Waals surface area contributed by atoms with Crippen LogP contribution in [0.5, 0.6) is 0 Å². The van der Waals surface area contributed by atoms with Crippen LogP contribution in [-0.4, -0.2) is 34.5 Å². The summed E-state index contributed by atoms with van der Waals surface area (Å²) >= 11 is 1.27. The fourth-order valence-corrected chi connectivity index (χ4v) is 4.41. The van der Waals surface area contributed by atoms with E-state index in [9.17, 15) is 27.9 Å². The van der Waals surface area contributed by atoms with Gasteiger partial charge in [0.2, 0.25) is 0 Å². The number of alkyl halides is 3. The number of carbonyl (C=O) groups excluding carboxylic acids is 2. The third-order valence-corrected chi connectivity index (χ3v) is 6.26. The maximum absolute atomic E-state index is 12.7. The molecule has 3 rings (SSSR count). The van der Waals surface area contributed by atoms with Gasteiger partial charge in [0.1, 0.15) is 5.01 Å². The third kappa shape index (κ3) is 7.54. The second-order valence-electron chi connectivity index (χ2n) is 7.26. The highest BCUT2D eigenvalue weighted by atomic mass is 35.5. The average Bonchev–Trinajstić information content (AvgIpc) is 3.12. The summed E-state index contributed by atoms with van der Waals surface area (Å²) in [6, 6.07) is 3.13. The molecular formula is C20H25Cl2F3N4O3S. The molecule has 2 heterocycles. The zero-order valence-corrected chi connectivity index (χ0v) is 20.0. The number of benzene rings is 1. The second-order valence-corrected chi connectivity index (χ2v) is 8.37. The topological polar surface area (TPSA) is 103 Å². The Morgan fingerprint density at radius 3 is 2.39 bits per heavy atom. The van der Waals surface area contributed by atoms with Gasteiger partial charge in [-0.2, -0.15) is 13.2 Å². The zero-order chi connectivity index (χ0) is 22.6. The van der Waals surface area contributed by atoms with Gasteiger partial charge in [-0.3, -0.25) is 9.59 Å². The van der Waals surface area contributed by atoms with Crippen molar-refractivity contribution in [1.29, 1.82) is 0 Å². The molecule has 1 aromatic heterocycles. The molecule has 0 bridgehead atoms. The molecule has 2 aromatic rings. The van der Waals surface area contributed by atoms with Gasteiger partial charge >= 0.3 is 18.0 Å². The largest absolute Gasteiger partial charge is 0.416 e. The minimum Gasteiger partial charge on any atom is -0.391 e. The van der Waals surface area contributed by atoms with Crippen molar-refractivity contribution in [3.8, 4) is 0 Å². The SMILES string of the molecule is Cc1nc(C(NC(=O)C(=O)Nc2ccc(C(F)(F)F)cc2)C2CCCCN2)sc1CO.Cl.Cl. The van der Waals surface area contributed by atoms with Crippen LogP contribution in [0.3, 0.4) is 0 Å². The summed E-state index contributed by atoms with van der Waals surface area (Å²) in [5.41, 5.74) is -0.114. The van der Waals surface area contributed by atoms with Crippen molar-refractivity contribution in [2.45, 2.75) is 51.1 Å². The summed E-state index contributed by atoms with van der Waals surface area (Å²) in [7, 11) is 0. The number of thiazole rings is 1. The number of halogens is 5. The van der Waals surface area contributed by atoms with Crippen LogP contribution < -0.4 is 16.0 Å². The predicted molar refractivity (Wildman–Crippen MR) is 124 cm³/mol. The van der Waals surface area contributed by atoms with E-state index in [4.69, 9.17) is 0 Å². The van der Waals surface area contributed by atoms with Gasteiger partial charge in [-0.05, 0) is 50.6 Å². The Morgan fingerprint density at radius 1 is 1.21 bits per heavy atom. The number of piperidine rings is 1. The summed E-state index contributed by atoms with van der Waals surface area (Å²) in [5, 5.41) is 18.4. The van der Waals surface area contributed by atoms with Gasteiger partial charge in [-0.1, -0.05) is 6.42 Å². The van der Waals surface area contributed by atoms with Crippen LogP contribution in [0, 0.1) is 6.92 Å². The first-order valence-corrected chi connectivity index (χ1v) is 10.6. The first kappa shape index (κ1) is 29.1. The highest BCUT2D eigenvalue weighted by molar-refractivity contribution is 7.11. The smallest absolute Gasteiger partial charge is 0.391 e. The second kappa shape index (κ2) is 12.5. The van der Waals surface area contributed by atoms with Crippen LogP contribution >= 0.6 is 36.2 Å². The van der Waals surface area contributed by atoms with Crippen LogP contribution in [0.1, 0.15) is 46.4 Å². The quantitative estimate of drug-likeness (QED) is 0.442. The number of rotatable bonds is 5. The van der Waals surface area contributed by atoms with E-state index < -0.39 is 29.6 Å². The lowest BCUT2D eigenvalue weighted by Gasteiger charge is -2.30. The van der Waals surface area contributed by atoms with Gasteiger partial charge in [0.25, 0.3) is 0 Å². The lowest BCUT2D eigenvalue weighted by atomic mass is 9.98. The lowest BCUT2D eigenvalue weighted by molar-refractivity contribution is -0.137. The number of aryl methyl sites for hydroxylation is 1. The van der Waals surface area contributed by atoms with Crippen LogP contribution in [0.15, 0.2) is 24.3 Å². The summed E-state index contributed by atoms with van der Waals surface area (Å²) < 4.78 is 38.0. The normalized spacial score (nSPS) is 16.7. The number of nitrogens with zero attached hydrogens (tertiary/aromatic N) is 1. The number of hydrogen-bond donors (Lipinski definition) is 4. The molecule has 13 heteroatoms. The summed E-state index contributed by atoms with van der Waals surface area (Å²) in [6.07, 6.45) is -1.75. The molecule has 1 fully saturated rings. The molecule has 4 N–H and O–H groups in total. The van der Waals surface area contributed by atoms with Crippen molar-refractivity contribution in [3.05, 3.63) is 45.4 Å². The number of aromatic nitrogens is 1. The maximum atomic E-state index is 12.7. The summed E-state index contributed by atoms with van der Waals surface area (Å²) in [4.78, 5) is 30.0. The predicted octanol–water partition coefficient (Wildman–Crippen LogP) is 3.74. The standard InChI is InChI=1S/C20H23F3N4O3S.2ClH/c1-11-15(10-28)31-19(25-11)16(14-4-2-3-9-24-14)27-18(30)17(29)26-13-7-5-12(6-8-13)20(21,22)23;;/h5-8,14,16,24,28H,2-4,9-10H2,1H3,(H,26,29)(H,27,30);2*1H. The van der Waals surface area contributed by atoms with Crippen LogP contribution in [0.25, 0.3) is 0 Å². The van der Waals surface area contributed by atoms with E-state index in [0.29, 0.717) is 15.6 Å². The Morgan fingerprint density at radius 2 is 1.88 bits per heavy atom. The van der Waals surface area contributed by atoms with E-state index in [1.54, 1.807) is 6.92 Å². The van der Waals surface area contributed by atoms with E-state index in [2.05, 4.69) is 20.9 Å². The molecule has 2 unspecified atom stereocenters. The van der Waals surface area contributed by atoms with E-state index >= 15 is 0 Å². The molecule has 2 amide bonds. The molecule has 0 saturated carbocycles. The zero-order valence-electron chi connectivity index (χ0n) is 17.6. The highest BCUT2D eigenvalue weighted by Crippen LogP contribution is 2.30. The highest BCUT2D eigenvalue weighted by Gasteiger charge is 2.32. The number of aliphatic hydroxyl groups is 1. The van der Waals surface area contributed by atoms with Crippen LogP contribution in [0.2, 0.25) is 0 Å². The van der Waals surface area contributed by atoms with Gasteiger partial charge in [-0.25, -0.2) is 4.98 Å². The Balaban J connectivity index is 0.00000272. The Hall–Kier alpha value is -1.92. The van der Waals surface area contributed by atoms with E-state index in [0.717, 1.165) is 50.1 Å². The van der Waals surface area contributed by atoms with Crippen molar-refractivity contribution < 1.29 is 27.9 Å². The van der Waals surface area contributed by atoms with Gasteiger partial charge < -0.3 is 21.1 Å². The van der Waals surface area contributed by atoms with Crippen LogP contribution in [-0.2, 0) is 22.4 Å². The number of nitrogens with one attached hydrogen (secondary N) is 3. The molecule has 0 aliphatic carbocycles. The molecule has 184 valence electrons. The molecule has 0 spiro atoms. The van der Waals surface area contributed by atoms with Crippen molar-refractivity contribution in [3.63, 3.8) is 0 Å². The van der Waals surface area contributed by atoms with Crippen molar-refractivity contribution >= 4 is 53.7 Å². The molecular weight excluding hydrogens is 504 g/mol. The number of amides is 2. The first-order valence-electron chi connectivity index (χ1n) is 9.78. The lowest BCUT2D eigenvalue weighted by Crippen LogP contribution is -2.48. The molecule has 1 saturated heterocycles. The fourth-order valence-electron chi connectivity index (χ4n) is 3.37. The molecule has 33 heavy (non-hydrogen) atoms. The summed E-state index contributed by atoms with van der Waals surface area (Å²) in [6.45, 7) is 2.36. The third-order valence-electron chi connectivity index (χ3n) is 5.03. The molecule has 0 radical (unpaired) electrons. The maximum Gasteiger partial charge on any atom is 0.416 e. The van der Waals surface area contributed by atoms with E-state index in [1.807, 2.05) is 0 Å². The van der Waals surface area contributed by atoms with Crippen LogP contribution in [0.4, 0.5) is 18.9 Å². The average molecular weight is 529 g/mol. The van der Waals surface area contributed by atoms with E-state index in [-0.39, 0.29) is 43.2 Å². The number of hydrogen-bond acceptors (Lipinski definition) is 6. The monoisotopic (exact) mass is 528 g/mol. The van der Waals surface area contributed by atoms with E-state index in [1.165, 1.54) is 11.3 Å². The van der Waals surface area contributed by atoms with Gasteiger partial charge in [0, 0.05) is 11.7 Å². The molecule has 1 aliphatic rings. The molecule has 1 aliphatic heterocycles. The van der Waals surface area contributed by atoms with Crippen molar-refractivity contribution in [1.82, 2.24) is 15.6 Å². The first-order chi connectivity index (χ1) is 14.7. The van der Waals surface area contributed by atoms with Crippen molar-refractivity contribution in [2.24, 2.45) is 0 Å². The Labute approximate surface area is 205 Å². The molecule has 2 atom stereocenters. The van der Waals surface area contributed by atoms with Crippen molar-refractivity contribution in [2.75, 3.05) is 11.9 Å². The Bertz CT molecular complexity index is 936.